The van der Waals surface area contributed by atoms with Crippen molar-refractivity contribution in [3.63, 3.8) is 0 Å². The second-order valence-corrected chi connectivity index (χ2v) is 7.07. The normalized spacial score (nSPS) is 11.2. The van der Waals surface area contributed by atoms with Gasteiger partial charge in [-0.15, -0.1) is 0 Å². The van der Waals surface area contributed by atoms with Gasteiger partial charge in [0.05, 0.1) is 11.4 Å². The second-order valence-electron chi connectivity index (χ2n) is 5.46. The molecule has 3 N–H and O–H groups in total. The zero-order valence-electron chi connectivity index (χ0n) is 13.2. The first kappa shape index (κ1) is 16.9. The molecule has 128 valence electrons. The Labute approximate surface area is 145 Å². The van der Waals surface area contributed by atoms with Gasteiger partial charge in [-0.3, -0.25) is 4.79 Å². The van der Waals surface area contributed by atoms with Gasteiger partial charge in [-0.25, -0.2) is 18.2 Å². The number of hydrogen-bond acceptors (Lipinski definition) is 4. The summed E-state index contributed by atoms with van der Waals surface area (Å²) in [7, 11) is -3.57. The molecule has 25 heavy (non-hydrogen) atoms. The number of nitrogens with zero attached hydrogens (tertiary/aromatic N) is 2. The molecule has 0 spiro atoms. The first-order chi connectivity index (χ1) is 11.9. The third-order valence-corrected chi connectivity index (χ3v) is 4.21. The molecule has 0 radical (unpaired) electrons. The topological polar surface area (TPSA) is 107 Å². The van der Waals surface area contributed by atoms with Gasteiger partial charge in [-0.05, 0) is 48.0 Å². The lowest BCUT2D eigenvalue weighted by atomic mass is 10.1. The van der Waals surface area contributed by atoms with Crippen LogP contribution in [0.5, 0.6) is 0 Å². The molecule has 0 atom stereocenters. The van der Waals surface area contributed by atoms with Gasteiger partial charge >= 0.3 is 0 Å². The highest BCUT2D eigenvalue weighted by molar-refractivity contribution is 7.88. The molecule has 0 fully saturated rings. The van der Waals surface area contributed by atoms with Crippen LogP contribution in [0, 0.1) is 0 Å². The van der Waals surface area contributed by atoms with Crippen LogP contribution in [0.2, 0.25) is 0 Å². The Morgan fingerprint density at radius 3 is 2.32 bits per heavy atom. The van der Waals surface area contributed by atoms with E-state index in [0.29, 0.717) is 16.8 Å². The molecule has 3 aromatic rings. The number of amides is 1. The van der Waals surface area contributed by atoms with Crippen LogP contribution in [0.25, 0.3) is 5.69 Å². The third-order valence-electron chi connectivity index (χ3n) is 3.48. The lowest BCUT2D eigenvalue weighted by molar-refractivity contribution is 0.102. The fourth-order valence-corrected chi connectivity index (χ4v) is 2.96. The third kappa shape index (κ3) is 4.52. The van der Waals surface area contributed by atoms with E-state index in [1.54, 1.807) is 59.4 Å². The summed E-state index contributed by atoms with van der Waals surface area (Å²) < 4.78 is 23.8. The number of carbonyl (C=O) groups excluding carboxylic acids is 1. The Kier molecular flexibility index (Phi) is 4.64. The van der Waals surface area contributed by atoms with Crippen molar-refractivity contribution in [2.75, 3.05) is 5.32 Å². The number of hydrogen-bond donors (Lipinski definition) is 2. The van der Waals surface area contributed by atoms with E-state index in [4.69, 9.17) is 5.14 Å². The predicted octanol–water partition coefficient (Wildman–Crippen LogP) is 1.91. The highest BCUT2D eigenvalue weighted by Crippen LogP contribution is 2.14. The summed E-state index contributed by atoms with van der Waals surface area (Å²) >= 11 is 0. The van der Waals surface area contributed by atoms with Gasteiger partial charge in [-0.2, -0.15) is 5.10 Å². The number of nitrogens with one attached hydrogen (secondary N) is 1. The molecule has 1 aromatic heterocycles. The van der Waals surface area contributed by atoms with Crippen LogP contribution in [-0.2, 0) is 15.8 Å². The summed E-state index contributed by atoms with van der Waals surface area (Å²) in [5, 5.41) is 11.9. The largest absolute Gasteiger partial charge is 0.322 e. The van der Waals surface area contributed by atoms with Crippen molar-refractivity contribution in [2.45, 2.75) is 5.75 Å². The fourth-order valence-electron chi connectivity index (χ4n) is 2.31. The quantitative estimate of drug-likeness (QED) is 0.728. The standard InChI is InChI=1S/C17H16N4O3S/c18-25(23,24)12-13-2-6-15(7-3-13)20-17(22)14-4-8-16(9-5-14)21-11-1-10-19-21/h1-11H,12H2,(H,20,22)(H2,18,23,24). The van der Waals surface area contributed by atoms with Gasteiger partial charge in [0.25, 0.3) is 5.91 Å². The van der Waals surface area contributed by atoms with Crippen molar-refractivity contribution in [1.29, 1.82) is 0 Å². The van der Waals surface area contributed by atoms with Crippen LogP contribution in [0.4, 0.5) is 5.69 Å². The van der Waals surface area contributed by atoms with Gasteiger partial charge < -0.3 is 5.32 Å². The van der Waals surface area contributed by atoms with Crippen molar-refractivity contribution in [3.05, 3.63) is 78.1 Å². The molecule has 0 aliphatic heterocycles. The SMILES string of the molecule is NS(=O)(=O)Cc1ccc(NC(=O)c2ccc(-n3cccn3)cc2)cc1. The summed E-state index contributed by atoms with van der Waals surface area (Å²) in [5.41, 5.74) is 2.49. The zero-order valence-corrected chi connectivity index (χ0v) is 14.0. The highest BCUT2D eigenvalue weighted by Gasteiger charge is 2.08. The molecule has 0 saturated heterocycles. The van der Waals surface area contributed by atoms with Gasteiger partial charge in [-0.1, -0.05) is 12.1 Å². The Morgan fingerprint density at radius 1 is 1.08 bits per heavy atom. The molecule has 0 aliphatic rings. The van der Waals surface area contributed by atoms with Crippen LogP contribution in [0.15, 0.2) is 67.0 Å². The smallest absolute Gasteiger partial charge is 0.255 e. The van der Waals surface area contributed by atoms with Gasteiger partial charge in [0, 0.05) is 23.6 Å². The van der Waals surface area contributed by atoms with E-state index in [1.807, 2.05) is 12.3 Å². The molecule has 0 bridgehead atoms. The number of rotatable bonds is 5. The molecule has 1 amide bonds. The molecule has 0 aliphatic carbocycles. The number of benzene rings is 2. The van der Waals surface area contributed by atoms with Crippen LogP contribution in [0.1, 0.15) is 15.9 Å². The van der Waals surface area contributed by atoms with Crippen LogP contribution in [0.3, 0.4) is 0 Å². The van der Waals surface area contributed by atoms with Crippen LogP contribution < -0.4 is 10.5 Å². The maximum Gasteiger partial charge on any atom is 0.255 e. The Morgan fingerprint density at radius 2 is 1.76 bits per heavy atom. The molecular weight excluding hydrogens is 340 g/mol. The maximum atomic E-state index is 12.3. The number of aromatic nitrogens is 2. The molecule has 1 heterocycles. The Balaban J connectivity index is 1.67. The van der Waals surface area contributed by atoms with E-state index in [1.165, 1.54) is 0 Å². The molecule has 0 saturated carbocycles. The summed E-state index contributed by atoms with van der Waals surface area (Å²) in [6, 6.07) is 15.3. The van der Waals surface area contributed by atoms with E-state index in [0.717, 1.165) is 5.69 Å². The van der Waals surface area contributed by atoms with E-state index >= 15 is 0 Å². The van der Waals surface area contributed by atoms with E-state index in [9.17, 15) is 13.2 Å². The second kappa shape index (κ2) is 6.88. The molecule has 8 heteroatoms. The maximum absolute atomic E-state index is 12.3. The van der Waals surface area contributed by atoms with Gasteiger partial charge in [0.1, 0.15) is 0 Å². The van der Waals surface area contributed by atoms with Crippen LogP contribution >= 0.6 is 0 Å². The molecular formula is C17H16N4O3S. The van der Waals surface area contributed by atoms with E-state index in [2.05, 4.69) is 10.4 Å². The fraction of sp³-hybridized carbons (Fsp3) is 0.0588. The predicted molar refractivity (Wildman–Crippen MR) is 94.8 cm³/mol. The number of anilines is 1. The number of sulfonamides is 1. The van der Waals surface area contributed by atoms with E-state index in [-0.39, 0.29) is 11.7 Å². The molecule has 2 aromatic carbocycles. The summed E-state index contributed by atoms with van der Waals surface area (Å²) in [4.78, 5) is 12.3. The molecule has 7 nitrogen and oxygen atoms in total. The minimum absolute atomic E-state index is 0.240. The van der Waals surface area contributed by atoms with Gasteiger partial charge in [0.2, 0.25) is 10.0 Å². The minimum Gasteiger partial charge on any atom is -0.322 e. The van der Waals surface area contributed by atoms with Crippen LogP contribution in [-0.4, -0.2) is 24.1 Å². The molecule has 0 unspecified atom stereocenters. The van der Waals surface area contributed by atoms with E-state index < -0.39 is 10.0 Å². The lowest BCUT2D eigenvalue weighted by Gasteiger charge is -2.07. The van der Waals surface area contributed by atoms with Crippen molar-refractivity contribution in [1.82, 2.24) is 9.78 Å². The summed E-state index contributed by atoms with van der Waals surface area (Å²) in [5.74, 6) is -0.498. The first-order valence-electron chi connectivity index (χ1n) is 7.41. The number of nitrogens with two attached hydrogens (primary N) is 1. The summed E-state index contributed by atoms with van der Waals surface area (Å²) in [6.45, 7) is 0. The van der Waals surface area contributed by atoms with Gasteiger partial charge in [0.15, 0.2) is 0 Å². The lowest BCUT2D eigenvalue weighted by Crippen LogP contribution is -2.15. The monoisotopic (exact) mass is 356 g/mol. The highest BCUT2D eigenvalue weighted by atomic mass is 32.2. The average molecular weight is 356 g/mol. The first-order valence-corrected chi connectivity index (χ1v) is 9.13. The minimum atomic E-state index is -3.57. The van der Waals surface area contributed by atoms with Crippen molar-refractivity contribution in [3.8, 4) is 5.69 Å². The zero-order chi connectivity index (χ0) is 17.9. The number of primary sulfonamides is 1. The Hall–Kier alpha value is -2.97. The van der Waals surface area contributed by atoms with Crippen molar-refractivity contribution in [2.24, 2.45) is 5.14 Å². The Bertz CT molecular complexity index is 964. The van der Waals surface area contributed by atoms with Crippen molar-refractivity contribution >= 4 is 21.6 Å². The average Bonchev–Trinajstić information content (AvgIpc) is 3.10. The summed E-state index contributed by atoms with van der Waals surface area (Å²) in [6.07, 6.45) is 3.50. The van der Waals surface area contributed by atoms with Crippen molar-refractivity contribution < 1.29 is 13.2 Å². The molecule has 3 rings (SSSR count). The number of carbonyl (C=O) groups is 1.